The molecule has 3 nitrogen and oxygen atoms in total. The van der Waals surface area contributed by atoms with E-state index in [4.69, 9.17) is 5.41 Å². The Hall–Kier alpha value is -1.08. The summed E-state index contributed by atoms with van der Waals surface area (Å²) in [5.41, 5.74) is 4.49. The lowest BCUT2D eigenvalue weighted by Crippen LogP contribution is -2.05. The molecule has 0 aliphatic carbocycles. The highest BCUT2D eigenvalue weighted by Crippen LogP contribution is 1.48. The van der Waals surface area contributed by atoms with Crippen LogP contribution in [-0.2, 0) is 4.79 Å². The first-order valence-corrected chi connectivity index (χ1v) is 1.29. The van der Waals surface area contributed by atoms with Gasteiger partial charge in [-0.15, -0.1) is 0 Å². The van der Waals surface area contributed by atoms with Crippen LogP contribution in [0.4, 0.5) is 0 Å². The summed E-state index contributed by atoms with van der Waals surface area (Å²) in [5, 5.41) is 7.63. The van der Waals surface area contributed by atoms with Crippen LogP contribution >= 0.6 is 0 Å². The van der Waals surface area contributed by atoms with Gasteiger partial charge in [0.1, 0.15) is 0 Å². The van der Waals surface area contributed by atoms with Crippen molar-refractivity contribution in [2.75, 3.05) is 0 Å². The van der Waals surface area contributed by atoms with Crippen LogP contribution in [0.2, 0.25) is 0 Å². The van der Waals surface area contributed by atoms with Crippen LogP contribution in [0.15, 0.2) is 6.08 Å². The van der Waals surface area contributed by atoms with Crippen molar-refractivity contribution in [1.29, 1.82) is 0 Å². The Balaban J connectivity index is 3.60. The Morgan fingerprint density at radius 1 is 2.00 bits per heavy atom. The molecule has 0 aliphatic heterocycles. The highest BCUT2D eigenvalue weighted by atomic mass is 16.1. The molecule has 2 N–H and O–H groups in total. The van der Waals surface area contributed by atoms with Gasteiger partial charge in [0.2, 0.25) is 5.91 Å². The largest absolute Gasteiger partial charge is 0.763 e. The number of hydrogen-bond donors (Lipinski definition) is 1. The van der Waals surface area contributed by atoms with Gasteiger partial charge in [-0.1, -0.05) is 0 Å². The molecule has 0 saturated heterocycles. The summed E-state index contributed by atoms with van der Waals surface area (Å²) in [5.74, 6) is 0.771. The molecule has 0 unspecified atom stereocenters. The van der Waals surface area contributed by atoms with Crippen LogP contribution in [0.1, 0.15) is 0 Å². The number of carbonyl (C=O) groups excluding carboxylic acids is 1. The normalized spacial score (nSPS) is 6.00. The molecule has 0 bridgehead atoms. The second-order valence-corrected chi connectivity index (χ2v) is 0.676. The molecule has 0 aliphatic rings. The average Bonchev–Trinajstić information content (AvgIpc) is 1.35. The third-order valence-corrected chi connectivity index (χ3v) is 0.207. The van der Waals surface area contributed by atoms with E-state index in [2.05, 4.69) is 5.73 Å². The van der Waals surface area contributed by atoms with E-state index in [0.717, 1.165) is 6.08 Å². The van der Waals surface area contributed by atoms with Crippen molar-refractivity contribution in [3.8, 4) is 0 Å². The summed E-state index contributed by atoms with van der Waals surface area (Å²) in [6.07, 6.45) is 0.736. The zero-order valence-corrected chi connectivity index (χ0v) is 3.01. The molecule has 0 saturated carbocycles. The molecule has 6 heavy (non-hydrogen) atoms. The predicted molar refractivity (Wildman–Crippen MR) is 22.1 cm³/mol. The zero-order chi connectivity index (χ0) is 4.99. The second kappa shape index (κ2) is 2.18. The maximum absolute atomic E-state index is 9.54. The minimum absolute atomic E-state index is 0.697. The Morgan fingerprint density at radius 3 is 2.50 bits per heavy atom. The lowest BCUT2D eigenvalue weighted by atomic mass is 10.6. The SMILES string of the molecule is [N-]=C=CC(N)=O. The highest BCUT2D eigenvalue weighted by Gasteiger charge is 1.70. The van der Waals surface area contributed by atoms with Crippen LogP contribution in [0.25, 0.3) is 5.41 Å². The summed E-state index contributed by atoms with van der Waals surface area (Å²) in [4.78, 5) is 9.54. The summed E-state index contributed by atoms with van der Waals surface area (Å²) >= 11 is 0. The molecule has 0 atom stereocenters. The van der Waals surface area contributed by atoms with Crippen molar-refractivity contribution < 1.29 is 4.79 Å². The van der Waals surface area contributed by atoms with Crippen LogP contribution in [-0.4, -0.2) is 11.8 Å². The lowest BCUT2D eigenvalue weighted by molar-refractivity contribution is -0.113. The fraction of sp³-hybridized carbons (Fsp3) is 0. The van der Waals surface area contributed by atoms with Gasteiger partial charge in [-0.2, -0.15) is 0 Å². The van der Waals surface area contributed by atoms with Gasteiger partial charge < -0.3 is 11.1 Å². The maximum atomic E-state index is 9.54. The maximum Gasteiger partial charge on any atom is 0.247 e. The molecule has 0 heterocycles. The van der Waals surface area contributed by atoms with Crippen molar-refractivity contribution in [2.45, 2.75) is 0 Å². The first-order chi connectivity index (χ1) is 2.77. The van der Waals surface area contributed by atoms with E-state index in [1.807, 2.05) is 0 Å². The smallest absolute Gasteiger partial charge is 0.247 e. The molecule has 32 valence electrons. The Kier molecular flexibility index (Phi) is 1.78. The molecular weight excluding hydrogens is 80.0 g/mol. The van der Waals surface area contributed by atoms with E-state index in [1.54, 1.807) is 0 Å². The van der Waals surface area contributed by atoms with Gasteiger partial charge in [-0.25, -0.2) is 0 Å². The van der Waals surface area contributed by atoms with Crippen molar-refractivity contribution in [3.05, 3.63) is 11.5 Å². The topological polar surface area (TPSA) is 65.4 Å². The predicted octanol–water partition coefficient (Wildman–Crippen LogP) is -0.733. The van der Waals surface area contributed by atoms with E-state index in [-0.39, 0.29) is 0 Å². The van der Waals surface area contributed by atoms with Crippen LogP contribution < -0.4 is 5.73 Å². The molecule has 0 aromatic heterocycles. The highest BCUT2D eigenvalue weighted by molar-refractivity contribution is 5.94. The minimum Gasteiger partial charge on any atom is -0.763 e. The van der Waals surface area contributed by atoms with Crippen LogP contribution in [0.3, 0.4) is 0 Å². The first kappa shape index (κ1) is 4.92. The van der Waals surface area contributed by atoms with Gasteiger partial charge in [0.25, 0.3) is 0 Å². The van der Waals surface area contributed by atoms with Crippen LogP contribution in [0.5, 0.6) is 0 Å². The summed E-state index contributed by atoms with van der Waals surface area (Å²) < 4.78 is 0. The van der Waals surface area contributed by atoms with Gasteiger partial charge in [-0.3, -0.25) is 10.7 Å². The quantitative estimate of drug-likeness (QED) is 0.329. The summed E-state index contributed by atoms with van der Waals surface area (Å²) in [6, 6.07) is 0. The van der Waals surface area contributed by atoms with E-state index in [1.165, 1.54) is 5.87 Å². The van der Waals surface area contributed by atoms with Gasteiger partial charge in [0, 0.05) is 6.08 Å². The van der Waals surface area contributed by atoms with Gasteiger partial charge in [0.15, 0.2) is 0 Å². The third kappa shape index (κ3) is 2.92. The molecule has 0 aromatic rings. The molecule has 0 rings (SSSR count). The summed E-state index contributed by atoms with van der Waals surface area (Å²) in [6.45, 7) is 0. The molecular formula is C3H3N2O-. The van der Waals surface area contributed by atoms with Crippen molar-refractivity contribution in [2.24, 2.45) is 5.73 Å². The Bertz CT molecular complexity index is 101. The van der Waals surface area contributed by atoms with Crippen molar-refractivity contribution in [1.82, 2.24) is 0 Å². The van der Waals surface area contributed by atoms with E-state index >= 15 is 0 Å². The number of hydrogen-bond acceptors (Lipinski definition) is 1. The monoisotopic (exact) mass is 83.0 g/mol. The standard InChI is InChI=1S/C3H3N2O/c4-2-1-3(5)6/h1H,(H2,5,6)/q-1. The second-order valence-electron chi connectivity index (χ2n) is 0.676. The zero-order valence-electron chi connectivity index (χ0n) is 3.01. The van der Waals surface area contributed by atoms with Crippen molar-refractivity contribution >= 4 is 11.8 Å². The number of rotatable bonds is 1. The molecule has 0 radical (unpaired) electrons. The van der Waals surface area contributed by atoms with Gasteiger partial charge in [0.05, 0.1) is 0 Å². The molecule has 0 aromatic carbocycles. The fourth-order valence-corrected chi connectivity index (χ4v) is 0.0636. The Labute approximate surface area is 35.0 Å². The number of nitrogens with two attached hydrogens (primary N) is 1. The van der Waals surface area contributed by atoms with Crippen LogP contribution in [0, 0.1) is 0 Å². The number of amides is 1. The molecule has 0 spiro atoms. The molecule has 1 amide bonds. The average molecular weight is 83.1 g/mol. The summed E-state index contributed by atoms with van der Waals surface area (Å²) in [7, 11) is 0. The fourth-order valence-electron chi connectivity index (χ4n) is 0.0636. The van der Waals surface area contributed by atoms with E-state index < -0.39 is 5.91 Å². The Morgan fingerprint density at radius 2 is 2.50 bits per heavy atom. The first-order valence-electron chi connectivity index (χ1n) is 1.29. The number of carbonyl (C=O) groups is 1. The molecule has 3 heteroatoms. The third-order valence-electron chi connectivity index (χ3n) is 0.207. The van der Waals surface area contributed by atoms with E-state index in [9.17, 15) is 4.79 Å². The number of nitrogens with zero attached hydrogens (tertiary/aromatic N) is 1. The van der Waals surface area contributed by atoms with E-state index in [0.29, 0.717) is 0 Å². The van der Waals surface area contributed by atoms with Crippen molar-refractivity contribution in [3.63, 3.8) is 0 Å². The lowest BCUT2D eigenvalue weighted by Gasteiger charge is -1.70. The molecule has 0 fully saturated rings. The minimum atomic E-state index is -0.697. The number of primary amides is 1. The van der Waals surface area contributed by atoms with Gasteiger partial charge >= 0.3 is 0 Å². The van der Waals surface area contributed by atoms with Gasteiger partial charge in [-0.05, 0) is 0 Å².